The summed E-state index contributed by atoms with van der Waals surface area (Å²) in [5, 5.41) is 0.821. The van der Waals surface area contributed by atoms with Crippen LogP contribution in [0.25, 0.3) is 10.2 Å². The number of hydrogen-bond donors (Lipinski definition) is 2. The van der Waals surface area contributed by atoms with Gasteiger partial charge in [-0.25, -0.2) is 10.8 Å². The number of rotatable bonds is 3. The van der Waals surface area contributed by atoms with Gasteiger partial charge in [-0.2, -0.15) is 0 Å². The van der Waals surface area contributed by atoms with Crippen LogP contribution in [0, 0.1) is 17.3 Å². The normalized spacial score (nSPS) is 18.2. The van der Waals surface area contributed by atoms with Crippen LogP contribution in [-0.2, 0) is 19.4 Å². The van der Waals surface area contributed by atoms with Crippen molar-refractivity contribution in [2.24, 2.45) is 23.1 Å². The first-order chi connectivity index (χ1) is 11.2. The zero-order chi connectivity index (χ0) is 17.6. The number of thiophene rings is 1. The quantitative estimate of drug-likeness (QED) is 0.657. The molecule has 24 heavy (non-hydrogen) atoms. The van der Waals surface area contributed by atoms with E-state index >= 15 is 0 Å². The van der Waals surface area contributed by atoms with Crippen molar-refractivity contribution >= 4 is 27.5 Å². The van der Waals surface area contributed by atoms with Gasteiger partial charge in [0, 0.05) is 11.4 Å². The van der Waals surface area contributed by atoms with E-state index in [-0.39, 0.29) is 5.56 Å². The van der Waals surface area contributed by atoms with Gasteiger partial charge in [0.1, 0.15) is 4.83 Å². The minimum absolute atomic E-state index is 0.0494. The number of aryl methyl sites for hydroxylation is 1. The van der Waals surface area contributed by atoms with Crippen LogP contribution in [0.15, 0.2) is 4.79 Å². The van der Waals surface area contributed by atoms with Crippen LogP contribution in [0.3, 0.4) is 0 Å². The number of hydrazine groups is 1. The van der Waals surface area contributed by atoms with Crippen molar-refractivity contribution in [2.45, 2.75) is 60.4 Å². The first-order valence-corrected chi connectivity index (χ1v) is 9.55. The first kappa shape index (κ1) is 17.4. The highest BCUT2D eigenvalue weighted by molar-refractivity contribution is 7.18. The van der Waals surface area contributed by atoms with Gasteiger partial charge in [-0.1, -0.05) is 34.6 Å². The lowest BCUT2D eigenvalue weighted by atomic mass is 9.72. The van der Waals surface area contributed by atoms with E-state index in [1.54, 1.807) is 15.9 Å². The van der Waals surface area contributed by atoms with E-state index in [4.69, 9.17) is 5.84 Å². The number of nitrogens with two attached hydrogens (primary N) is 1. The molecule has 2 heterocycles. The second-order valence-corrected chi connectivity index (χ2v) is 9.46. The van der Waals surface area contributed by atoms with Gasteiger partial charge in [0.2, 0.25) is 5.95 Å². The number of aromatic nitrogens is 2. The minimum Gasteiger partial charge on any atom is -0.294 e. The summed E-state index contributed by atoms with van der Waals surface area (Å²) in [7, 11) is 0. The third-order valence-electron chi connectivity index (χ3n) is 5.07. The number of hydrogen-bond acceptors (Lipinski definition) is 5. The fraction of sp³-hybridized carbons (Fsp3) is 0.667. The summed E-state index contributed by atoms with van der Waals surface area (Å²) in [4.78, 5) is 19.9. The van der Waals surface area contributed by atoms with E-state index in [1.165, 1.54) is 10.4 Å². The van der Waals surface area contributed by atoms with Crippen LogP contribution in [0.1, 0.15) is 51.5 Å². The summed E-state index contributed by atoms with van der Waals surface area (Å²) >= 11 is 1.67. The Labute approximate surface area is 147 Å². The molecule has 0 fully saturated rings. The Morgan fingerprint density at radius 3 is 2.71 bits per heavy atom. The molecule has 0 saturated carbocycles. The van der Waals surface area contributed by atoms with Crippen LogP contribution < -0.4 is 16.8 Å². The summed E-state index contributed by atoms with van der Waals surface area (Å²) in [6, 6.07) is 0. The second kappa shape index (κ2) is 6.15. The van der Waals surface area contributed by atoms with Crippen molar-refractivity contribution in [3.63, 3.8) is 0 Å². The van der Waals surface area contributed by atoms with Crippen molar-refractivity contribution in [2.75, 3.05) is 5.43 Å². The summed E-state index contributed by atoms with van der Waals surface area (Å²) in [6.07, 6.45) is 3.17. The third-order valence-corrected chi connectivity index (χ3v) is 6.22. The highest BCUT2D eigenvalue weighted by atomic mass is 32.1. The van der Waals surface area contributed by atoms with Gasteiger partial charge in [0.25, 0.3) is 5.56 Å². The SMILES string of the molecule is CC(C)Cn1c(NN)nc2sc3c(c2c1=O)CCC(C(C)(C)C)C3. The van der Waals surface area contributed by atoms with E-state index in [2.05, 4.69) is 45.0 Å². The van der Waals surface area contributed by atoms with Crippen molar-refractivity contribution in [1.82, 2.24) is 9.55 Å². The van der Waals surface area contributed by atoms with Crippen molar-refractivity contribution in [3.8, 4) is 0 Å². The van der Waals surface area contributed by atoms with Gasteiger partial charge < -0.3 is 0 Å². The van der Waals surface area contributed by atoms with Gasteiger partial charge in [-0.05, 0) is 42.1 Å². The molecule has 5 nitrogen and oxygen atoms in total. The molecule has 1 aliphatic carbocycles. The molecule has 2 aromatic rings. The molecule has 1 unspecified atom stereocenters. The molecule has 132 valence electrons. The molecule has 0 aromatic carbocycles. The lowest BCUT2D eigenvalue weighted by Gasteiger charge is -2.33. The van der Waals surface area contributed by atoms with E-state index in [0.29, 0.717) is 29.7 Å². The molecule has 2 aromatic heterocycles. The fourth-order valence-electron chi connectivity index (χ4n) is 3.64. The monoisotopic (exact) mass is 348 g/mol. The Bertz CT molecular complexity index is 813. The summed E-state index contributed by atoms with van der Waals surface area (Å²) < 4.78 is 1.69. The highest BCUT2D eigenvalue weighted by Gasteiger charge is 2.32. The predicted molar refractivity (Wildman–Crippen MR) is 101 cm³/mol. The van der Waals surface area contributed by atoms with Gasteiger partial charge in [-0.15, -0.1) is 11.3 Å². The molecule has 0 aliphatic heterocycles. The number of nitrogens with zero attached hydrogens (tertiary/aromatic N) is 2. The lowest BCUT2D eigenvalue weighted by molar-refractivity contribution is 0.218. The maximum Gasteiger partial charge on any atom is 0.263 e. The Kier molecular flexibility index (Phi) is 4.47. The standard InChI is InChI=1S/C18H28N4OS/c1-10(2)9-22-16(23)14-12-7-6-11(18(3,4)5)8-13(12)24-15(14)20-17(22)21-19/h10-11H,6-9,19H2,1-5H3,(H,20,21). The third kappa shape index (κ3) is 2.97. The Hall–Kier alpha value is -1.40. The van der Waals surface area contributed by atoms with Gasteiger partial charge in [0.05, 0.1) is 5.39 Å². The summed E-state index contributed by atoms with van der Waals surface area (Å²) in [6.45, 7) is 11.7. The van der Waals surface area contributed by atoms with Gasteiger partial charge in [0.15, 0.2) is 0 Å². The predicted octanol–water partition coefficient (Wildman–Crippen LogP) is 3.55. The molecule has 0 saturated heterocycles. The number of fused-ring (bicyclic) bond motifs is 3. The molecular weight excluding hydrogens is 320 g/mol. The van der Waals surface area contributed by atoms with Crippen LogP contribution in [-0.4, -0.2) is 9.55 Å². The van der Waals surface area contributed by atoms with E-state index in [0.717, 1.165) is 29.5 Å². The van der Waals surface area contributed by atoms with Crippen LogP contribution in [0.5, 0.6) is 0 Å². The minimum atomic E-state index is 0.0494. The van der Waals surface area contributed by atoms with E-state index in [1.807, 2.05) is 0 Å². The van der Waals surface area contributed by atoms with Crippen molar-refractivity contribution in [3.05, 3.63) is 20.8 Å². The van der Waals surface area contributed by atoms with Crippen molar-refractivity contribution < 1.29 is 0 Å². The molecule has 1 aliphatic rings. The van der Waals surface area contributed by atoms with E-state index < -0.39 is 0 Å². The van der Waals surface area contributed by atoms with Crippen LogP contribution in [0.2, 0.25) is 0 Å². The van der Waals surface area contributed by atoms with Gasteiger partial charge in [-0.3, -0.25) is 14.8 Å². The van der Waals surface area contributed by atoms with Gasteiger partial charge >= 0.3 is 0 Å². The second-order valence-electron chi connectivity index (χ2n) is 8.38. The number of nitrogens with one attached hydrogen (secondary N) is 1. The maximum atomic E-state index is 13.1. The molecule has 0 amide bonds. The molecule has 1 atom stereocenters. The Morgan fingerprint density at radius 1 is 1.42 bits per heavy atom. The maximum absolute atomic E-state index is 13.1. The smallest absolute Gasteiger partial charge is 0.263 e. The molecule has 0 radical (unpaired) electrons. The Morgan fingerprint density at radius 2 is 2.12 bits per heavy atom. The van der Waals surface area contributed by atoms with E-state index in [9.17, 15) is 4.79 Å². The summed E-state index contributed by atoms with van der Waals surface area (Å²) in [5.74, 6) is 7.10. The lowest BCUT2D eigenvalue weighted by Crippen LogP contribution is -2.29. The van der Waals surface area contributed by atoms with Crippen LogP contribution >= 0.6 is 11.3 Å². The Balaban J connectivity index is 2.14. The average molecular weight is 349 g/mol. The topological polar surface area (TPSA) is 72.9 Å². The average Bonchev–Trinajstić information content (AvgIpc) is 2.86. The molecule has 3 rings (SSSR count). The molecule has 6 heteroatoms. The molecule has 3 N–H and O–H groups in total. The van der Waals surface area contributed by atoms with Crippen molar-refractivity contribution in [1.29, 1.82) is 0 Å². The highest BCUT2D eigenvalue weighted by Crippen LogP contribution is 2.42. The molecule has 0 spiro atoms. The number of nitrogen functional groups attached to an aromatic ring is 1. The zero-order valence-electron chi connectivity index (χ0n) is 15.3. The summed E-state index contributed by atoms with van der Waals surface area (Å²) in [5.41, 5.74) is 4.18. The fourth-order valence-corrected chi connectivity index (χ4v) is 4.93. The largest absolute Gasteiger partial charge is 0.294 e. The number of anilines is 1. The zero-order valence-corrected chi connectivity index (χ0v) is 16.1. The molecule has 0 bridgehead atoms. The van der Waals surface area contributed by atoms with Crippen LogP contribution in [0.4, 0.5) is 5.95 Å². The first-order valence-electron chi connectivity index (χ1n) is 8.74. The molecular formula is C18H28N4OS.